The Bertz CT molecular complexity index is 817. The molecule has 1 saturated carbocycles. The van der Waals surface area contributed by atoms with Crippen molar-refractivity contribution in [2.75, 3.05) is 19.5 Å². The van der Waals surface area contributed by atoms with Gasteiger partial charge in [-0.1, -0.05) is 11.6 Å². The van der Waals surface area contributed by atoms with Crippen LogP contribution < -0.4 is 0 Å². The van der Waals surface area contributed by atoms with Crippen LogP contribution in [0.5, 0.6) is 0 Å². The molecule has 6 nitrogen and oxygen atoms in total. The molecule has 8 heteroatoms. The fraction of sp³-hybridized carbons (Fsp3) is 0.600. The maximum atomic E-state index is 9.31. The summed E-state index contributed by atoms with van der Waals surface area (Å²) in [6.45, 7) is 1.56. The molecule has 1 atom stereocenters. The number of alkyl halides is 1. The lowest BCUT2D eigenvalue weighted by atomic mass is 9.86. The minimum Gasteiger partial charge on any atom is -0.394 e. The van der Waals surface area contributed by atoms with Crippen molar-refractivity contribution in [2.24, 2.45) is 0 Å². The highest BCUT2D eigenvalue weighted by Gasteiger charge is 2.31. The zero-order valence-electron chi connectivity index (χ0n) is 16.0. The van der Waals surface area contributed by atoms with Gasteiger partial charge in [0.15, 0.2) is 5.82 Å². The van der Waals surface area contributed by atoms with Gasteiger partial charge < -0.3 is 9.84 Å². The van der Waals surface area contributed by atoms with Crippen LogP contribution in [-0.2, 0) is 17.8 Å². The monoisotopic (exact) mass is 424 g/mol. The van der Waals surface area contributed by atoms with Gasteiger partial charge in [0.2, 0.25) is 0 Å². The van der Waals surface area contributed by atoms with Gasteiger partial charge in [0.05, 0.1) is 36.9 Å². The van der Waals surface area contributed by atoms with Crippen LogP contribution in [0.3, 0.4) is 0 Å². The van der Waals surface area contributed by atoms with Crippen LogP contribution in [-0.4, -0.2) is 56.5 Å². The summed E-state index contributed by atoms with van der Waals surface area (Å²) in [4.78, 5) is 2.23. The van der Waals surface area contributed by atoms with Gasteiger partial charge in [0.25, 0.3) is 0 Å². The second-order valence-electron chi connectivity index (χ2n) is 7.82. The molecule has 28 heavy (non-hydrogen) atoms. The van der Waals surface area contributed by atoms with Crippen molar-refractivity contribution in [1.29, 1.82) is 0 Å². The maximum Gasteiger partial charge on any atom is 0.151 e. The summed E-state index contributed by atoms with van der Waals surface area (Å²) >= 11 is 12.1. The van der Waals surface area contributed by atoms with Gasteiger partial charge in [-0.25, -0.2) is 0 Å². The van der Waals surface area contributed by atoms with Crippen LogP contribution in [0.15, 0.2) is 18.2 Å². The smallest absolute Gasteiger partial charge is 0.151 e. The molecule has 2 aromatic rings. The predicted octanol–water partition coefficient (Wildman–Crippen LogP) is 3.51. The van der Waals surface area contributed by atoms with Crippen molar-refractivity contribution >= 4 is 23.2 Å². The number of nitrogens with zero attached hydrogens (tertiary/aromatic N) is 4. The fourth-order valence-corrected chi connectivity index (χ4v) is 4.67. The Morgan fingerprint density at radius 1 is 1.21 bits per heavy atom. The largest absolute Gasteiger partial charge is 0.394 e. The van der Waals surface area contributed by atoms with E-state index >= 15 is 0 Å². The van der Waals surface area contributed by atoms with Crippen molar-refractivity contribution in [3.8, 4) is 5.69 Å². The molecule has 152 valence electrons. The number of aliphatic hydroxyl groups excluding tert-OH is 1. The number of aromatic nitrogens is 3. The summed E-state index contributed by atoms with van der Waals surface area (Å²) in [5.74, 6) is 2.67. The van der Waals surface area contributed by atoms with Gasteiger partial charge in [-0.05, 0) is 56.5 Å². The summed E-state index contributed by atoms with van der Waals surface area (Å²) in [5, 5.41) is 19.2. The number of benzene rings is 1. The molecule has 0 bridgehead atoms. The number of ether oxygens (including phenoxy) is 1. The second-order valence-corrected chi connectivity index (χ2v) is 8.57. The van der Waals surface area contributed by atoms with Gasteiger partial charge in [-0.2, -0.15) is 0 Å². The topological polar surface area (TPSA) is 63.4 Å². The van der Waals surface area contributed by atoms with E-state index in [9.17, 15) is 5.11 Å². The molecule has 4 rings (SSSR count). The average molecular weight is 425 g/mol. The van der Waals surface area contributed by atoms with Crippen molar-refractivity contribution < 1.29 is 9.84 Å². The molecule has 2 aliphatic rings. The molecule has 1 aromatic heterocycles. The molecular weight excluding hydrogens is 399 g/mol. The van der Waals surface area contributed by atoms with Crippen LogP contribution in [0.2, 0.25) is 5.02 Å². The number of halogens is 2. The highest BCUT2D eigenvalue weighted by molar-refractivity contribution is 6.30. The van der Waals surface area contributed by atoms with E-state index in [4.69, 9.17) is 27.9 Å². The van der Waals surface area contributed by atoms with E-state index in [0.717, 1.165) is 61.1 Å². The normalized spacial score (nSPS) is 23.7. The summed E-state index contributed by atoms with van der Waals surface area (Å²) in [7, 11) is 2.09. The van der Waals surface area contributed by atoms with E-state index in [1.165, 1.54) is 5.56 Å². The van der Waals surface area contributed by atoms with Crippen molar-refractivity contribution in [2.45, 2.75) is 56.9 Å². The SMILES string of the molecule is CN1Cc2cc(Cl)ccc2-n2c(nnc2C2CCC(OC(CO)CCl)CC2)C1. The van der Waals surface area contributed by atoms with Crippen LogP contribution in [0, 0.1) is 0 Å². The zero-order chi connectivity index (χ0) is 19.7. The third-order valence-electron chi connectivity index (χ3n) is 5.69. The first-order chi connectivity index (χ1) is 13.6. The van der Waals surface area contributed by atoms with Gasteiger partial charge in [-0.3, -0.25) is 9.47 Å². The van der Waals surface area contributed by atoms with E-state index in [-0.39, 0.29) is 18.8 Å². The summed E-state index contributed by atoms with van der Waals surface area (Å²) in [6.07, 6.45) is 3.72. The van der Waals surface area contributed by atoms with E-state index < -0.39 is 0 Å². The molecule has 0 amide bonds. The van der Waals surface area contributed by atoms with Crippen LogP contribution in [0.4, 0.5) is 0 Å². The Morgan fingerprint density at radius 3 is 2.71 bits per heavy atom. The first-order valence-corrected chi connectivity index (χ1v) is 10.7. The molecule has 1 aliphatic heterocycles. The Hall–Kier alpha value is -1.18. The van der Waals surface area contributed by atoms with Gasteiger partial charge in [0.1, 0.15) is 5.82 Å². The van der Waals surface area contributed by atoms with Gasteiger partial charge >= 0.3 is 0 Å². The van der Waals surface area contributed by atoms with Crippen LogP contribution >= 0.6 is 23.2 Å². The molecule has 1 unspecified atom stereocenters. The lowest BCUT2D eigenvalue weighted by molar-refractivity contribution is -0.0444. The highest BCUT2D eigenvalue weighted by atomic mass is 35.5. The average Bonchev–Trinajstić information content (AvgIpc) is 3.03. The Balaban J connectivity index is 1.57. The molecule has 0 spiro atoms. The third kappa shape index (κ3) is 4.07. The van der Waals surface area contributed by atoms with Gasteiger partial charge in [0, 0.05) is 17.5 Å². The van der Waals surface area contributed by atoms with Crippen molar-refractivity contribution in [1.82, 2.24) is 19.7 Å². The molecule has 0 saturated heterocycles. The van der Waals surface area contributed by atoms with E-state index in [0.29, 0.717) is 11.8 Å². The summed E-state index contributed by atoms with van der Waals surface area (Å²) in [6, 6.07) is 6.05. The third-order valence-corrected chi connectivity index (χ3v) is 6.27. The Morgan fingerprint density at radius 2 is 2.00 bits per heavy atom. The van der Waals surface area contributed by atoms with Crippen LogP contribution in [0.1, 0.15) is 48.8 Å². The van der Waals surface area contributed by atoms with Crippen molar-refractivity contribution in [3.63, 3.8) is 0 Å². The number of hydrogen-bond acceptors (Lipinski definition) is 5. The first kappa shape index (κ1) is 20.1. The first-order valence-electron chi connectivity index (χ1n) is 9.82. The van der Waals surface area contributed by atoms with E-state index in [2.05, 4.69) is 32.8 Å². The lowest BCUT2D eigenvalue weighted by Gasteiger charge is -2.30. The van der Waals surface area contributed by atoms with Crippen molar-refractivity contribution in [3.05, 3.63) is 40.4 Å². The van der Waals surface area contributed by atoms with E-state index in [1.807, 2.05) is 12.1 Å². The Labute approximate surface area is 175 Å². The summed E-state index contributed by atoms with van der Waals surface area (Å²) in [5.41, 5.74) is 2.32. The molecule has 0 radical (unpaired) electrons. The number of fused-ring (bicyclic) bond motifs is 3. The maximum absolute atomic E-state index is 9.31. The summed E-state index contributed by atoms with van der Waals surface area (Å²) < 4.78 is 8.16. The lowest BCUT2D eigenvalue weighted by Crippen LogP contribution is -2.30. The molecular formula is C20H26Cl2N4O2. The molecule has 1 N–H and O–H groups in total. The number of aliphatic hydroxyl groups is 1. The standard InChI is InChI=1S/C20H26Cl2N4O2/c1-25-10-14-8-15(22)4-7-18(14)26-19(11-25)23-24-20(26)13-2-5-16(6-3-13)28-17(9-21)12-27/h4,7-8,13,16-17,27H,2-3,5-6,9-12H2,1H3. The molecule has 1 fully saturated rings. The second kappa shape index (κ2) is 8.67. The zero-order valence-corrected chi connectivity index (χ0v) is 17.5. The number of rotatable bonds is 5. The number of hydrogen-bond donors (Lipinski definition) is 1. The highest BCUT2D eigenvalue weighted by Crippen LogP contribution is 2.36. The quantitative estimate of drug-likeness (QED) is 0.743. The minimum absolute atomic E-state index is 0.0338. The van der Waals surface area contributed by atoms with Gasteiger partial charge in [-0.15, -0.1) is 21.8 Å². The van der Waals surface area contributed by atoms with Crippen LogP contribution in [0.25, 0.3) is 5.69 Å². The Kier molecular flexibility index (Phi) is 6.23. The fourth-order valence-electron chi connectivity index (χ4n) is 4.30. The minimum atomic E-state index is -0.278. The molecule has 2 heterocycles. The molecule has 1 aromatic carbocycles. The molecule has 1 aliphatic carbocycles. The predicted molar refractivity (Wildman–Crippen MR) is 109 cm³/mol. The van der Waals surface area contributed by atoms with E-state index in [1.54, 1.807) is 0 Å².